The van der Waals surface area contributed by atoms with E-state index in [1.54, 1.807) is 19.9 Å². The summed E-state index contributed by atoms with van der Waals surface area (Å²) < 4.78 is 36.5. The van der Waals surface area contributed by atoms with E-state index < -0.39 is 18.1 Å². The molecule has 2 N–H and O–H groups in total. The third kappa shape index (κ3) is 6.05. The van der Waals surface area contributed by atoms with E-state index in [1.165, 1.54) is 6.08 Å². The summed E-state index contributed by atoms with van der Waals surface area (Å²) in [5.74, 6) is -2.20. The molecule has 0 aromatic rings. The van der Waals surface area contributed by atoms with Crippen LogP contribution in [0.4, 0.5) is 13.2 Å². The first-order chi connectivity index (χ1) is 8.22. The van der Waals surface area contributed by atoms with Crippen molar-refractivity contribution in [2.45, 2.75) is 39.4 Å². The molecule has 106 valence electrons. The molecule has 0 aliphatic rings. The van der Waals surface area contributed by atoms with E-state index in [9.17, 15) is 18.0 Å². The topological polar surface area (TPSA) is 49.3 Å². The van der Waals surface area contributed by atoms with Crippen molar-refractivity contribution in [2.24, 2.45) is 11.8 Å². The molecule has 0 aliphatic carbocycles. The minimum Gasteiger partial charge on any atom is -0.396 e. The number of halogens is 3. The lowest BCUT2D eigenvalue weighted by atomic mass is 9.97. The molecular weight excluding hydrogens is 247 g/mol. The molecule has 0 bridgehead atoms. The molecule has 0 saturated carbocycles. The Kier molecular flexibility index (Phi) is 6.98. The fourth-order valence-corrected chi connectivity index (χ4v) is 1.24. The normalized spacial score (nSPS) is 17.5. The first kappa shape index (κ1) is 17.0. The Morgan fingerprint density at radius 2 is 1.89 bits per heavy atom. The number of hydrogen-bond donors (Lipinski definition) is 2. The van der Waals surface area contributed by atoms with Gasteiger partial charge >= 0.3 is 12.1 Å². The number of aliphatic hydroxyl groups excluding tert-OH is 1. The van der Waals surface area contributed by atoms with E-state index >= 15 is 0 Å². The molecule has 3 atom stereocenters. The van der Waals surface area contributed by atoms with Crippen LogP contribution in [-0.2, 0) is 4.79 Å². The largest absolute Gasteiger partial charge is 0.471 e. The van der Waals surface area contributed by atoms with Crippen LogP contribution in [0, 0.1) is 11.8 Å². The second-order valence-electron chi connectivity index (χ2n) is 4.43. The smallest absolute Gasteiger partial charge is 0.396 e. The molecule has 0 spiro atoms. The van der Waals surface area contributed by atoms with Crippen LogP contribution in [0.3, 0.4) is 0 Å². The molecule has 0 radical (unpaired) electrons. The lowest BCUT2D eigenvalue weighted by Gasteiger charge is -2.22. The van der Waals surface area contributed by atoms with Crippen molar-refractivity contribution in [3.05, 3.63) is 12.2 Å². The van der Waals surface area contributed by atoms with E-state index in [4.69, 9.17) is 5.11 Å². The maximum Gasteiger partial charge on any atom is 0.471 e. The predicted molar refractivity (Wildman–Crippen MR) is 62.8 cm³/mol. The van der Waals surface area contributed by atoms with Crippen LogP contribution in [-0.4, -0.2) is 29.8 Å². The lowest BCUT2D eigenvalue weighted by Crippen LogP contribution is -2.45. The molecular formula is C12H20F3NO2. The summed E-state index contributed by atoms with van der Waals surface area (Å²) in [5.41, 5.74) is 0. The van der Waals surface area contributed by atoms with Gasteiger partial charge in [0, 0.05) is 12.6 Å². The number of nitrogens with one attached hydrogen (secondary N) is 1. The average molecular weight is 267 g/mol. The highest BCUT2D eigenvalue weighted by Gasteiger charge is 2.39. The number of carbonyl (C=O) groups is 1. The first-order valence-corrected chi connectivity index (χ1v) is 5.89. The van der Waals surface area contributed by atoms with Crippen LogP contribution in [0.5, 0.6) is 0 Å². The molecule has 0 rings (SSSR count). The van der Waals surface area contributed by atoms with Gasteiger partial charge in [-0.05, 0) is 11.8 Å². The van der Waals surface area contributed by atoms with Gasteiger partial charge in [-0.1, -0.05) is 39.3 Å². The Hall–Kier alpha value is -1.04. The standard InChI is InChI=1S/C12H20F3NO2/c1-4-9(3)10(6-5-8(2)7-17)16-11(18)12(13,14)15/h5-6,8-10,17H,4,7H2,1-3H3,(H,16,18)/b6-5+/t8-,9-,10-/m1/s1. The van der Waals surface area contributed by atoms with E-state index in [2.05, 4.69) is 0 Å². The second kappa shape index (κ2) is 7.41. The minimum atomic E-state index is -4.87. The highest BCUT2D eigenvalue weighted by molar-refractivity contribution is 5.82. The minimum absolute atomic E-state index is 0.0864. The first-order valence-electron chi connectivity index (χ1n) is 5.89. The highest BCUT2D eigenvalue weighted by atomic mass is 19.4. The Bertz CT molecular complexity index is 290. The summed E-state index contributed by atoms with van der Waals surface area (Å²) in [4.78, 5) is 10.9. The van der Waals surface area contributed by atoms with Crippen LogP contribution < -0.4 is 5.32 Å². The number of aliphatic hydroxyl groups is 1. The van der Waals surface area contributed by atoms with Gasteiger partial charge in [0.25, 0.3) is 0 Å². The van der Waals surface area contributed by atoms with Gasteiger partial charge in [0.2, 0.25) is 0 Å². The fraction of sp³-hybridized carbons (Fsp3) is 0.750. The van der Waals surface area contributed by atoms with Crippen molar-refractivity contribution in [1.82, 2.24) is 5.32 Å². The summed E-state index contributed by atoms with van der Waals surface area (Å²) in [6.45, 7) is 5.24. The van der Waals surface area contributed by atoms with E-state index in [-0.39, 0.29) is 18.4 Å². The fourth-order valence-electron chi connectivity index (χ4n) is 1.24. The highest BCUT2D eigenvalue weighted by Crippen LogP contribution is 2.17. The van der Waals surface area contributed by atoms with Crippen LogP contribution >= 0.6 is 0 Å². The van der Waals surface area contributed by atoms with E-state index in [0.717, 1.165) is 0 Å². The molecule has 0 aliphatic heterocycles. The van der Waals surface area contributed by atoms with Gasteiger partial charge in [-0.2, -0.15) is 13.2 Å². The summed E-state index contributed by atoms with van der Waals surface area (Å²) in [7, 11) is 0. The Morgan fingerprint density at radius 1 is 1.33 bits per heavy atom. The maximum atomic E-state index is 12.2. The third-order valence-corrected chi connectivity index (χ3v) is 2.75. The van der Waals surface area contributed by atoms with Crippen LogP contribution in [0.1, 0.15) is 27.2 Å². The van der Waals surface area contributed by atoms with Gasteiger partial charge in [0.15, 0.2) is 0 Å². The second-order valence-corrected chi connectivity index (χ2v) is 4.43. The summed E-state index contributed by atoms with van der Waals surface area (Å²) >= 11 is 0. The summed E-state index contributed by atoms with van der Waals surface area (Å²) in [6, 6.07) is -0.682. The molecule has 0 aromatic carbocycles. The Balaban J connectivity index is 4.71. The Morgan fingerprint density at radius 3 is 2.28 bits per heavy atom. The summed E-state index contributed by atoms with van der Waals surface area (Å²) in [6.07, 6.45) is -1.12. The van der Waals surface area contributed by atoms with E-state index in [0.29, 0.717) is 6.42 Å². The van der Waals surface area contributed by atoms with Gasteiger partial charge < -0.3 is 10.4 Å². The number of hydrogen-bond acceptors (Lipinski definition) is 2. The zero-order valence-electron chi connectivity index (χ0n) is 10.8. The number of alkyl halides is 3. The van der Waals surface area contributed by atoms with Crippen molar-refractivity contribution in [2.75, 3.05) is 6.61 Å². The van der Waals surface area contributed by atoms with Gasteiger partial charge in [0.1, 0.15) is 0 Å². The zero-order chi connectivity index (χ0) is 14.3. The number of carbonyl (C=O) groups excluding carboxylic acids is 1. The zero-order valence-corrected chi connectivity index (χ0v) is 10.8. The maximum absolute atomic E-state index is 12.2. The Labute approximate surface area is 105 Å². The molecule has 3 nitrogen and oxygen atoms in total. The van der Waals surface area contributed by atoms with Gasteiger partial charge in [-0.3, -0.25) is 4.79 Å². The van der Waals surface area contributed by atoms with Gasteiger partial charge in [0.05, 0.1) is 0 Å². The van der Waals surface area contributed by atoms with Crippen LogP contribution in [0.2, 0.25) is 0 Å². The monoisotopic (exact) mass is 267 g/mol. The summed E-state index contributed by atoms with van der Waals surface area (Å²) in [5, 5.41) is 10.8. The van der Waals surface area contributed by atoms with Gasteiger partial charge in [-0.25, -0.2) is 0 Å². The van der Waals surface area contributed by atoms with Crippen molar-refractivity contribution < 1.29 is 23.1 Å². The number of amides is 1. The molecule has 1 amide bonds. The molecule has 18 heavy (non-hydrogen) atoms. The molecule has 0 unspecified atom stereocenters. The SMILES string of the molecule is CC[C@@H](C)[C@@H](/C=C/[C@@H](C)CO)NC(=O)C(F)(F)F. The van der Waals surface area contributed by atoms with Gasteiger partial charge in [-0.15, -0.1) is 0 Å². The molecule has 0 saturated heterocycles. The van der Waals surface area contributed by atoms with Crippen molar-refractivity contribution in [3.8, 4) is 0 Å². The van der Waals surface area contributed by atoms with Crippen molar-refractivity contribution in [1.29, 1.82) is 0 Å². The van der Waals surface area contributed by atoms with Crippen LogP contribution in [0.25, 0.3) is 0 Å². The lowest BCUT2D eigenvalue weighted by molar-refractivity contribution is -0.174. The molecule has 6 heteroatoms. The molecule has 0 aromatic heterocycles. The van der Waals surface area contributed by atoms with Crippen molar-refractivity contribution >= 4 is 5.91 Å². The van der Waals surface area contributed by atoms with Crippen LogP contribution in [0.15, 0.2) is 12.2 Å². The predicted octanol–water partition coefficient (Wildman–Crippen LogP) is 2.26. The van der Waals surface area contributed by atoms with Crippen molar-refractivity contribution in [3.63, 3.8) is 0 Å². The third-order valence-electron chi connectivity index (χ3n) is 2.75. The number of rotatable bonds is 6. The van der Waals surface area contributed by atoms with E-state index in [1.807, 2.05) is 12.2 Å². The average Bonchev–Trinajstić information content (AvgIpc) is 2.31. The quantitative estimate of drug-likeness (QED) is 0.725. The molecule has 0 fully saturated rings. The molecule has 0 heterocycles.